The summed E-state index contributed by atoms with van der Waals surface area (Å²) in [5.41, 5.74) is 0. The second-order valence-corrected chi connectivity index (χ2v) is 7.90. The lowest BCUT2D eigenvalue weighted by atomic mass is 9.96. The molecule has 0 aromatic heterocycles. The minimum absolute atomic E-state index is 0.0857. The lowest BCUT2D eigenvalue weighted by Gasteiger charge is -2.10. The van der Waals surface area contributed by atoms with Crippen LogP contribution in [0.2, 0.25) is 0 Å². The van der Waals surface area contributed by atoms with Gasteiger partial charge in [0.25, 0.3) is 0 Å². The van der Waals surface area contributed by atoms with Crippen molar-refractivity contribution in [2.75, 3.05) is 6.61 Å². The zero-order valence-electron chi connectivity index (χ0n) is 16.8. The van der Waals surface area contributed by atoms with Crippen molar-refractivity contribution in [3.8, 4) is 0 Å². The molecule has 2 heteroatoms. The molecule has 0 spiro atoms. The summed E-state index contributed by atoms with van der Waals surface area (Å²) in [5.74, 6) is 0.936. The van der Waals surface area contributed by atoms with Gasteiger partial charge in [-0.05, 0) is 12.3 Å². The van der Waals surface area contributed by atoms with Gasteiger partial charge in [-0.3, -0.25) is 0 Å². The molecule has 0 rings (SSSR count). The predicted octanol–water partition coefficient (Wildman–Crippen LogP) is 6.63. The maximum absolute atomic E-state index is 9.25. The number of aliphatic hydroxyl groups is 2. The monoisotopic (exact) mass is 342 g/mol. The molecule has 2 atom stereocenters. The van der Waals surface area contributed by atoms with E-state index in [1.165, 1.54) is 96.3 Å². The second kappa shape index (κ2) is 19.2. The molecular weight excluding hydrogens is 296 g/mol. The van der Waals surface area contributed by atoms with Crippen LogP contribution in [-0.4, -0.2) is 22.9 Å². The Balaban J connectivity index is 3.12. The highest BCUT2D eigenvalue weighted by atomic mass is 16.3. The second-order valence-electron chi connectivity index (χ2n) is 7.90. The number of hydrogen-bond acceptors (Lipinski definition) is 2. The van der Waals surface area contributed by atoms with Gasteiger partial charge in [-0.1, -0.05) is 117 Å². The first-order valence-electron chi connectivity index (χ1n) is 11.0. The third-order valence-corrected chi connectivity index (χ3v) is 5.25. The number of rotatable bonds is 19. The van der Waals surface area contributed by atoms with Gasteiger partial charge in [0, 0.05) is 0 Å². The molecule has 146 valence electrons. The normalized spacial score (nSPS) is 14.0. The van der Waals surface area contributed by atoms with Crippen LogP contribution in [0.4, 0.5) is 0 Å². The SMILES string of the molecule is CCCCCCC(C)CCCCCCCCCCCCC(O)CO. The fourth-order valence-electron chi connectivity index (χ4n) is 3.44. The van der Waals surface area contributed by atoms with Gasteiger partial charge in [0.05, 0.1) is 12.7 Å². The first-order valence-corrected chi connectivity index (χ1v) is 11.0. The number of unbranched alkanes of at least 4 members (excludes halogenated alkanes) is 12. The topological polar surface area (TPSA) is 40.5 Å². The molecular formula is C22H46O2. The van der Waals surface area contributed by atoms with E-state index in [9.17, 15) is 5.11 Å². The van der Waals surface area contributed by atoms with Crippen molar-refractivity contribution in [3.63, 3.8) is 0 Å². The highest BCUT2D eigenvalue weighted by molar-refractivity contribution is 4.56. The fourth-order valence-corrected chi connectivity index (χ4v) is 3.44. The highest BCUT2D eigenvalue weighted by Gasteiger charge is 2.02. The van der Waals surface area contributed by atoms with Gasteiger partial charge in [0.1, 0.15) is 0 Å². The maximum Gasteiger partial charge on any atom is 0.0770 e. The Hall–Kier alpha value is -0.0800. The van der Waals surface area contributed by atoms with Crippen LogP contribution in [0.3, 0.4) is 0 Å². The van der Waals surface area contributed by atoms with Gasteiger partial charge in [0.2, 0.25) is 0 Å². The van der Waals surface area contributed by atoms with Gasteiger partial charge in [0.15, 0.2) is 0 Å². The Bertz CT molecular complexity index is 230. The smallest absolute Gasteiger partial charge is 0.0770 e. The fraction of sp³-hybridized carbons (Fsp3) is 1.00. The van der Waals surface area contributed by atoms with E-state index in [1.807, 2.05) is 0 Å². The van der Waals surface area contributed by atoms with Crippen molar-refractivity contribution in [1.82, 2.24) is 0 Å². The Morgan fingerprint density at radius 2 is 0.958 bits per heavy atom. The summed E-state index contributed by atoms with van der Waals surface area (Å²) in [6.45, 7) is 4.64. The first kappa shape index (κ1) is 23.9. The summed E-state index contributed by atoms with van der Waals surface area (Å²) in [5, 5.41) is 18.0. The van der Waals surface area contributed by atoms with Crippen molar-refractivity contribution in [1.29, 1.82) is 0 Å². The summed E-state index contributed by atoms with van der Waals surface area (Å²) in [7, 11) is 0. The van der Waals surface area contributed by atoms with Crippen LogP contribution in [0.15, 0.2) is 0 Å². The summed E-state index contributed by atoms with van der Waals surface area (Å²) >= 11 is 0. The minimum atomic E-state index is -0.496. The molecule has 0 aliphatic rings. The predicted molar refractivity (Wildman–Crippen MR) is 106 cm³/mol. The molecule has 0 radical (unpaired) electrons. The van der Waals surface area contributed by atoms with Gasteiger partial charge in [-0.25, -0.2) is 0 Å². The standard InChI is InChI=1S/C22H46O2/c1-3-4-5-14-17-21(2)18-15-12-10-8-6-7-9-11-13-16-19-22(24)20-23/h21-24H,3-20H2,1-2H3. The Morgan fingerprint density at radius 3 is 1.38 bits per heavy atom. The number of aliphatic hydroxyl groups excluding tert-OH is 2. The molecule has 0 amide bonds. The van der Waals surface area contributed by atoms with Gasteiger partial charge < -0.3 is 10.2 Å². The van der Waals surface area contributed by atoms with E-state index in [0.717, 1.165) is 18.8 Å². The molecule has 0 saturated heterocycles. The van der Waals surface area contributed by atoms with Crippen molar-refractivity contribution in [2.24, 2.45) is 5.92 Å². The van der Waals surface area contributed by atoms with Crippen molar-refractivity contribution < 1.29 is 10.2 Å². The highest BCUT2D eigenvalue weighted by Crippen LogP contribution is 2.18. The Morgan fingerprint density at radius 1 is 0.583 bits per heavy atom. The average Bonchev–Trinajstić information content (AvgIpc) is 2.59. The van der Waals surface area contributed by atoms with Crippen LogP contribution in [0, 0.1) is 5.92 Å². The van der Waals surface area contributed by atoms with E-state index in [-0.39, 0.29) is 6.61 Å². The van der Waals surface area contributed by atoms with Crippen LogP contribution in [0.1, 0.15) is 123 Å². The molecule has 0 bridgehead atoms. The van der Waals surface area contributed by atoms with Crippen LogP contribution < -0.4 is 0 Å². The molecule has 0 aromatic rings. The van der Waals surface area contributed by atoms with E-state index < -0.39 is 6.10 Å². The summed E-state index contributed by atoms with van der Waals surface area (Å²) in [4.78, 5) is 0. The Labute approximate surface area is 152 Å². The first-order chi connectivity index (χ1) is 11.7. The van der Waals surface area contributed by atoms with Crippen LogP contribution >= 0.6 is 0 Å². The molecule has 2 unspecified atom stereocenters. The van der Waals surface area contributed by atoms with Crippen LogP contribution in [0.5, 0.6) is 0 Å². The van der Waals surface area contributed by atoms with Crippen molar-refractivity contribution in [3.05, 3.63) is 0 Å². The van der Waals surface area contributed by atoms with E-state index in [2.05, 4.69) is 13.8 Å². The summed E-state index contributed by atoms with van der Waals surface area (Å²) < 4.78 is 0. The van der Waals surface area contributed by atoms with E-state index >= 15 is 0 Å². The molecule has 2 nitrogen and oxygen atoms in total. The lowest BCUT2D eigenvalue weighted by molar-refractivity contribution is 0.0860. The van der Waals surface area contributed by atoms with E-state index in [4.69, 9.17) is 5.11 Å². The number of hydrogen-bond donors (Lipinski definition) is 2. The zero-order chi connectivity index (χ0) is 17.9. The third-order valence-electron chi connectivity index (χ3n) is 5.25. The minimum Gasteiger partial charge on any atom is -0.394 e. The quantitative estimate of drug-likeness (QED) is 0.259. The van der Waals surface area contributed by atoms with Gasteiger partial charge >= 0.3 is 0 Å². The average molecular weight is 343 g/mol. The molecule has 0 aromatic carbocycles. The zero-order valence-corrected chi connectivity index (χ0v) is 16.8. The Kier molecular flexibility index (Phi) is 19.2. The lowest BCUT2D eigenvalue weighted by Crippen LogP contribution is -2.10. The van der Waals surface area contributed by atoms with Crippen LogP contribution in [-0.2, 0) is 0 Å². The van der Waals surface area contributed by atoms with Crippen molar-refractivity contribution in [2.45, 2.75) is 129 Å². The molecule has 2 N–H and O–H groups in total. The summed E-state index contributed by atoms with van der Waals surface area (Å²) in [6, 6.07) is 0. The van der Waals surface area contributed by atoms with Crippen LogP contribution in [0.25, 0.3) is 0 Å². The molecule has 0 fully saturated rings. The van der Waals surface area contributed by atoms with Crippen molar-refractivity contribution >= 4 is 0 Å². The summed E-state index contributed by atoms with van der Waals surface area (Å²) in [6.07, 6.45) is 22.1. The maximum atomic E-state index is 9.25. The molecule has 0 aliphatic carbocycles. The molecule has 0 saturated carbocycles. The third kappa shape index (κ3) is 18.3. The van der Waals surface area contributed by atoms with E-state index in [1.54, 1.807) is 0 Å². The largest absolute Gasteiger partial charge is 0.394 e. The van der Waals surface area contributed by atoms with Gasteiger partial charge in [-0.2, -0.15) is 0 Å². The van der Waals surface area contributed by atoms with Gasteiger partial charge in [-0.15, -0.1) is 0 Å². The molecule has 0 heterocycles. The molecule has 0 aliphatic heterocycles. The molecule has 24 heavy (non-hydrogen) atoms. The van der Waals surface area contributed by atoms with E-state index in [0.29, 0.717) is 0 Å².